The summed E-state index contributed by atoms with van der Waals surface area (Å²) in [6.45, 7) is 3.39. The fourth-order valence-corrected chi connectivity index (χ4v) is 3.18. The van der Waals surface area contributed by atoms with Crippen LogP contribution in [0.15, 0.2) is 18.2 Å². The highest BCUT2D eigenvalue weighted by Crippen LogP contribution is 2.29. The van der Waals surface area contributed by atoms with E-state index < -0.39 is 10.8 Å². The van der Waals surface area contributed by atoms with E-state index in [9.17, 15) is 13.7 Å². The van der Waals surface area contributed by atoms with Crippen molar-refractivity contribution < 1.29 is 13.7 Å². The molecule has 0 aliphatic carbocycles. The molecule has 2 rings (SSSR count). The minimum Gasteiger partial charge on any atom is -0.508 e. The molecule has 5 heteroatoms. The number of rotatable bonds is 2. The third-order valence-corrected chi connectivity index (χ3v) is 4.48. The lowest BCUT2D eigenvalue weighted by atomic mass is 10.1. The summed E-state index contributed by atoms with van der Waals surface area (Å²) in [5.74, 6) is 1.08. The minimum atomic E-state index is -0.722. The van der Waals surface area contributed by atoms with Crippen molar-refractivity contribution in [1.29, 1.82) is 0 Å². The van der Waals surface area contributed by atoms with Gasteiger partial charge in [0.15, 0.2) is 0 Å². The van der Waals surface area contributed by atoms with Gasteiger partial charge in [0, 0.05) is 47.0 Å². The monoisotopic (exact) mass is 257 g/mol. The number of hydrogen-bond donors (Lipinski definition) is 1. The second-order valence-electron chi connectivity index (χ2n) is 4.26. The standard InChI is InChI=1S/C12H16FNO2S/c1-9(14-4-6-17(16)7-5-14)11-8-10(13)2-3-12(11)15/h2-3,8-9,15H,4-7H2,1H3. The summed E-state index contributed by atoms with van der Waals surface area (Å²) >= 11 is 0. The van der Waals surface area contributed by atoms with Crippen molar-refractivity contribution in [3.8, 4) is 5.75 Å². The van der Waals surface area contributed by atoms with Gasteiger partial charge in [-0.3, -0.25) is 9.11 Å². The molecule has 94 valence electrons. The van der Waals surface area contributed by atoms with E-state index in [1.165, 1.54) is 18.2 Å². The summed E-state index contributed by atoms with van der Waals surface area (Å²) in [6.07, 6.45) is 0. The molecule has 0 spiro atoms. The number of phenolic OH excluding ortho intramolecular Hbond substituents is 1. The van der Waals surface area contributed by atoms with E-state index >= 15 is 0 Å². The Hall–Kier alpha value is -0.940. The first kappa shape index (κ1) is 12.5. The molecule has 1 atom stereocenters. The molecule has 1 aromatic rings. The van der Waals surface area contributed by atoms with Crippen LogP contribution < -0.4 is 0 Å². The van der Waals surface area contributed by atoms with E-state index in [0.29, 0.717) is 17.1 Å². The molecule has 17 heavy (non-hydrogen) atoms. The number of hydrogen-bond acceptors (Lipinski definition) is 3. The highest BCUT2D eigenvalue weighted by Gasteiger charge is 2.23. The Balaban J connectivity index is 2.16. The van der Waals surface area contributed by atoms with Gasteiger partial charge in [0.25, 0.3) is 0 Å². The number of nitrogens with zero attached hydrogens (tertiary/aromatic N) is 1. The molecule has 3 nitrogen and oxygen atoms in total. The predicted molar refractivity (Wildman–Crippen MR) is 65.9 cm³/mol. The Morgan fingerprint density at radius 2 is 2.06 bits per heavy atom. The lowest BCUT2D eigenvalue weighted by Crippen LogP contribution is -2.39. The zero-order valence-electron chi connectivity index (χ0n) is 9.73. The van der Waals surface area contributed by atoms with Crippen LogP contribution in [0, 0.1) is 5.82 Å². The molecule has 0 radical (unpaired) electrons. The van der Waals surface area contributed by atoms with Crippen molar-refractivity contribution in [3.05, 3.63) is 29.6 Å². The first-order valence-corrected chi connectivity index (χ1v) is 7.14. The SMILES string of the molecule is CC(c1cc(F)ccc1O)N1CCS(=O)CC1. The summed E-state index contributed by atoms with van der Waals surface area (Å²) in [5, 5.41) is 9.73. The molecule has 1 aliphatic rings. The molecule has 0 amide bonds. The maximum Gasteiger partial charge on any atom is 0.123 e. The number of phenols is 1. The van der Waals surface area contributed by atoms with Gasteiger partial charge < -0.3 is 5.11 Å². The van der Waals surface area contributed by atoms with Crippen LogP contribution in [-0.4, -0.2) is 38.8 Å². The molecule has 1 N–H and O–H groups in total. The van der Waals surface area contributed by atoms with Crippen molar-refractivity contribution >= 4 is 10.8 Å². The molecule has 1 aliphatic heterocycles. The molecule has 1 heterocycles. The van der Waals surface area contributed by atoms with Crippen LogP contribution in [0.25, 0.3) is 0 Å². The maximum atomic E-state index is 13.2. The van der Waals surface area contributed by atoms with Gasteiger partial charge in [-0.2, -0.15) is 0 Å². The van der Waals surface area contributed by atoms with Gasteiger partial charge in [0.1, 0.15) is 11.6 Å². The van der Waals surface area contributed by atoms with Gasteiger partial charge in [0.2, 0.25) is 0 Å². The van der Waals surface area contributed by atoms with Gasteiger partial charge in [0.05, 0.1) is 0 Å². The van der Waals surface area contributed by atoms with Crippen molar-refractivity contribution in [3.63, 3.8) is 0 Å². The first-order valence-electron chi connectivity index (χ1n) is 5.65. The third kappa shape index (κ3) is 2.84. The third-order valence-electron chi connectivity index (χ3n) is 3.20. The Morgan fingerprint density at radius 3 is 2.71 bits per heavy atom. The van der Waals surface area contributed by atoms with Crippen LogP contribution in [-0.2, 0) is 10.8 Å². The molecule has 0 saturated carbocycles. The lowest BCUT2D eigenvalue weighted by molar-refractivity contribution is 0.226. The highest BCUT2D eigenvalue weighted by molar-refractivity contribution is 7.85. The highest BCUT2D eigenvalue weighted by atomic mass is 32.2. The minimum absolute atomic E-state index is 0.0528. The second-order valence-corrected chi connectivity index (χ2v) is 5.96. The van der Waals surface area contributed by atoms with Crippen molar-refractivity contribution in [2.75, 3.05) is 24.6 Å². The maximum absolute atomic E-state index is 13.2. The molecule has 1 fully saturated rings. The summed E-state index contributed by atoms with van der Waals surface area (Å²) in [6, 6.07) is 3.94. The number of aromatic hydroxyl groups is 1. The average molecular weight is 257 g/mol. The fourth-order valence-electron chi connectivity index (χ4n) is 2.10. The quantitative estimate of drug-likeness (QED) is 0.876. The Bertz CT molecular complexity index is 429. The van der Waals surface area contributed by atoms with Crippen LogP contribution >= 0.6 is 0 Å². The van der Waals surface area contributed by atoms with E-state index in [1.54, 1.807) is 0 Å². The normalized spacial score (nSPS) is 20.4. The van der Waals surface area contributed by atoms with Gasteiger partial charge in [-0.25, -0.2) is 4.39 Å². The topological polar surface area (TPSA) is 40.5 Å². The van der Waals surface area contributed by atoms with Crippen LogP contribution in [0.2, 0.25) is 0 Å². The van der Waals surface area contributed by atoms with Crippen LogP contribution in [0.1, 0.15) is 18.5 Å². The Labute approximate surface area is 103 Å². The second kappa shape index (κ2) is 5.14. The van der Waals surface area contributed by atoms with E-state index in [4.69, 9.17) is 0 Å². The first-order chi connectivity index (χ1) is 8.08. The molecular formula is C12H16FNO2S. The Morgan fingerprint density at radius 1 is 1.41 bits per heavy atom. The van der Waals surface area contributed by atoms with Crippen molar-refractivity contribution in [2.45, 2.75) is 13.0 Å². The molecule has 0 aromatic heterocycles. The van der Waals surface area contributed by atoms with E-state index in [-0.39, 0.29) is 17.6 Å². The van der Waals surface area contributed by atoms with Crippen molar-refractivity contribution in [2.24, 2.45) is 0 Å². The van der Waals surface area contributed by atoms with Crippen LogP contribution in [0.3, 0.4) is 0 Å². The van der Waals surface area contributed by atoms with Gasteiger partial charge in [-0.1, -0.05) is 0 Å². The van der Waals surface area contributed by atoms with Gasteiger partial charge >= 0.3 is 0 Å². The molecule has 0 bridgehead atoms. The predicted octanol–water partition coefficient (Wildman–Crippen LogP) is 1.66. The zero-order valence-corrected chi connectivity index (χ0v) is 10.5. The number of benzene rings is 1. The van der Waals surface area contributed by atoms with Crippen LogP contribution in [0.5, 0.6) is 5.75 Å². The molecule has 1 unspecified atom stereocenters. The summed E-state index contributed by atoms with van der Waals surface area (Å²) in [4.78, 5) is 2.12. The summed E-state index contributed by atoms with van der Waals surface area (Å²) in [5.41, 5.74) is 0.595. The van der Waals surface area contributed by atoms with Crippen LogP contribution in [0.4, 0.5) is 4.39 Å². The summed E-state index contributed by atoms with van der Waals surface area (Å²) in [7, 11) is -0.722. The average Bonchev–Trinajstić information content (AvgIpc) is 2.32. The lowest BCUT2D eigenvalue weighted by Gasteiger charge is -2.32. The van der Waals surface area contributed by atoms with E-state index in [2.05, 4.69) is 4.90 Å². The van der Waals surface area contributed by atoms with Gasteiger partial charge in [-0.05, 0) is 25.1 Å². The molecular weight excluding hydrogens is 241 g/mol. The zero-order chi connectivity index (χ0) is 12.4. The number of halogens is 1. The van der Waals surface area contributed by atoms with Crippen molar-refractivity contribution in [1.82, 2.24) is 4.90 Å². The smallest absolute Gasteiger partial charge is 0.123 e. The fraction of sp³-hybridized carbons (Fsp3) is 0.500. The van der Waals surface area contributed by atoms with E-state index in [0.717, 1.165) is 13.1 Å². The summed E-state index contributed by atoms with van der Waals surface area (Å²) < 4.78 is 24.4. The van der Waals surface area contributed by atoms with E-state index in [1.807, 2.05) is 6.92 Å². The molecule has 1 aromatic carbocycles. The molecule has 1 saturated heterocycles. The van der Waals surface area contributed by atoms with Gasteiger partial charge in [-0.15, -0.1) is 0 Å². The Kier molecular flexibility index (Phi) is 3.79. The largest absolute Gasteiger partial charge is 0.508 e.